The molecule has 2 rings (SSSR count). The molecular formula is C15H19N3O2. The van der Waals surface area contributed by atoms with Crippen molar-refractivity contribution in [2.24, 2.45) is 0 Å². The van der Waals surface area contributed by atoms with Gasteiger partial charge in [0.15, 0.2) is 12.1 Å². The Morgan fingerprint density at radius 2 is 2.00 bits per heavy atom. The second-order valence-electron chi connectivity index (χ2n) is 4.77. The Morgan fingerprint density at radius 3 is 2.70 bits per heavy atom. The Morgan fingerprint density at radius 1 is 1.25 bits per heavy atom. The second kappa shape index (κ2) is 6.75. The van der Waals surface area contributed by atoms with E-state index in [2.05, 4.69) is 15.6 Å². The summed E-state index contributed by atoms with van der Waals surface area (Å²) in [6, 6.07) is 9.86. The number of hydrogen-bond donors (Lipinski definition) is 2. The number of aromatic nitrogens is 1. The fourth-order valence-corrected chi connectivity index (χ4v) is 1.86. The van der Waals surface area contributed by atoms with E-state index in [0.717, 1.165) is 5.69 Å². The third kappa shape index (κ3) is 3.60. The van der Waals surface area contributed by atoms with Crippen LogP contribution < -0.4 is 10.6 Å². The van der Waals surface area contributed by atoms with Crippen molar-refractivity contribution >= 4 is 11.6 Å². The van der Waals surface area contributed by atoms with Gasteiger partial charge in [0.25, 0.3) is 5.91 Å². The molecule has 20 heavy (non-hydrogen) atoms. The molecular weight excluding hydrogens is 254 g/mol. The lowest BCUT2D eigenvalue weighted by molar-refractivity contribution is 0.0948. The maximum absolute atomic E-state index is 12.0. The summed E-state index contributed by atoms with van der Waals surface area (Å²) in [5, 5.41) is 6.05. The number of anilines is 1. The first-order valence-electron chi connectivity index (χ1n) is 6.69. The molecule has 0 spiro atoms. The summed E-state index contributed by atoms with van der Waals surface area (Å²) >= 11 is 0. The van der Waals surface area contributed by atoms with Gasteiger partial charge in [-0.25, -0.2) is 4.98 Å². The molecule has 5 nitrogen and oxygen atoms in total. The summed E-state index contributed by atoms with van der Waals surface area (Å²) < 4.78 is 5.24. The predicted molar refractivity (Wildman–Crippen MR) is 77.9 cm³/mol. The lowest BCUT2D eigenvalue weighted by Gasteiger charge is -2.08. The van der Waals surface area contributed by atoms with Crippen LogP contribution in [0.15, 0.2) is 41.1 Å². The van der Waals surface area contributed by atoms with Gasteiger partial charge in [-0.15, -0.1) is 0 Å². The van der Waals surface area contributed by atoms with Crippen molar-refractivity contribution in [3.8, 4) is 0 Å². The van der Waals surface area contributed by atoms with Crippen molar-refractivity contribution in [1.29, 1.82) is 0 Å². The molecule has 1 aromatic heterocycles. The number of carbonyl (C=O) groups excluding carboxylic acids is 1. The van der Waals surface area contributed by atoms with Gasteiger partial charge in [-0.1, -0.05) is 32.0 Å². The molecule has 0 saturated heterocycles. The lowest BCUT2D eigenvalue weighted by atomic mass is 10.1. The Hall–Kier alpha value is -2.30. The van der Waals surface area contributed by atoms with E-state index >= 15 is 0 Å². The molecule has 2 aromatic rings. The smallest absolute Gasteiger partial charge is 0.273 e. The molecule has 0 unspecified atom stereocenters. The van der Waals surface area contributed by atoms with Crippen LogP contribution in [-0.2, 0) is 0 Å². The zero-order valence-corrected chi connectivity index (χ0v) is 11.7. The van der Waals surface area contributed by atoms with Gasteiger partial charge < -0.3 is 15.1 Å². The molecule has 0 aliphatic rings. The largest absolute Gasteiger partial charge is 0.447 e. The van der Waals surface area contributed by atoms with Gasteiger partial charge in [0.05, 0.1) is 0 Å². The fourth-order valence-electron chi connectivity index (χ4n) is 1.86. The molecule has 5 heteroatoms. The Kier molecular flexibility index (Phi) is 4.76. The monoisotopic (exact) mass is 273 g/mol. The zero-order chi connectivity index (χ0) is 14.4. The molecule has 0 bridgehead atoms. The van der Waals surface area contributed by atoms with Crippen LogP contribution in [-0.4, -0.2) is 24.0 Å². The van der Waals surface area contributed by atoms with Crippen molar-refractivity contribution in [1.82, 2.24) is 10.3 Å². The number of para-hydroxylation sites is 1. The van der Waals surface area contributed by atoms with Crippen LogP contribution in [0.4, 0.5) is 5.69 Å². The summed E-state index contributed by atoms with van der Waals surface area (Å²) in [6.07, 6.45) is 1.31. The van der Waals surface area contributed by atoms with Crippen LogP contribution >= 0.6 is 0 Å². The minimum atomic E-state index is -0.197. The van der Waals surface area contributed by atoms with Crippen molar-refractivity contribution in [2.45, 2.75) is 19.8 Å². The van der Waals surface area contributed by atoms with Gasteiger partial charge in [0.1, 0.15) is 5.76 Å². The van der Waals surface area contributed by atoms with E-state index < -0.39 is 0 Å². The molecule has 1 heterocycles. The van der Waals surface area contributed by atoms with Crippen molar-refractivity contribution < 1.29 is 9.21 Å². The Bertz CT molecular complexity index is 549. The van der Waals surface area contributed by atoms with Gasteiger partial charge in [0.2, 0.25) is 0 Å². The first kappa shape index (κ1) is 14.1. The Balaban J connectivity index is 1.79. The molecule has 2 N–H and O–H groups in total. The predicted octanol–water partition coefficient (Wildman–Crippen LogP) is 2.64. The number of carbonyl (C=O) groups is 1. The van der Waals surface area contributed by atoms with Gasteiger partial charge in [-0.3, -0.25) is 4.79 Å². The minimum absolute atomic E-state index is 0.140. The van der Waals surface area contributed by atoms with E-state index in [1.165, 1.54) is 6.39 Å². The van der Waals surface area contributed by atoms with Gasteiger partial charge in [-0.2, -0.15) is 0 Å². The first-order valence-corrected chi connectivity index (χ1v) is 6.69. The highest BCUT2D eigenvalue weighted by Gasteiger charge is 2.18. The lowest BCUT2D eigenvalue weighted by Crippen LogP contribution is -2.29. The zero-order valence-electron chi connectivity index (χ0n) is 11.7. The maximum atomic E-state index is 12.0. The number of nitrogens with one attached hydrogen (secondary N) is 2. The molecule has 1 aromatic carbocycles. The molecule has 1 amide bonds. The average molecular weight is 273 g/mol. The third-order valence-electron chi connectivity index (χ3n) is 2.85. The summed E-state index contributed by atoms with van der Waals surface area (Å²) in [5.41, 5.74) is 1.41. The quantitative estimate of drug-likeness (QED) is 0.794. The topological polar surface area (TPSA) is 67.2 Å². The number of benzene rings is 1. The number of oxazole rings is 1. The number of hydrogen-bond acceptors (Lipinski definition) is 4. The summed E-state index contributed by atoms with van der Waals surface area (Å²) in [6.45, 7) is 5.12. The number of amides is 1. The SMILES string of the molecule is CC(C)c1ocnc1C(=O)NCCNc1ccccc1. The van der Waals surface area contributed by atoms with Gasteiger partial charge >= 0.3 is 0 Å². The van der Waals surface area contributed by atoms with E-state index in [4.69, 9.17) is 4.42 Å². The highest BCUT2D eigenvalue weighted by atomic mass is 16.3. The summed E-state index contributed by atoms with van der Waals surface area (Å²) in [5.74, 6) is 0.566. The molecule has 0 fully saturated rings. The van der Waals surface area contributed by atoms with Crippen LogP contribution in [0.5, 0.6) is 0 Å². The molecule has 0 aliphatic carbocycles. The maximum Gasteiger partial charge on any atom is 0.273 e. The fraction of sp³-hybridized carbons (Fsp3) is 0.333. The van der Waals surface area contributed by atoms with Gasteiger partial charge in [-0.05, 0) is 12.1 Å². The molecule has 0 saturated carbocycles. The van der Waals surface area contributed by atoms with E-state index in [-0.39, 0.29) is 11.8 Å². The van der Waals surface area contributed by atoms with Crippen molar-refractivity contribution in [3.63, 3.8) is 0 Å². The van der Waals surface area contributed by atoms with Crippen LogP contribution in [0.2, 0.25) is 0 Å². The summed E-state index contributed by atoms with van der Waals surface area (Å²) in [7, 11) is 0. The second-order valence-corrected chi connectivity index (χ2v) is 4.77. The average Bonchev–Trinajstić information content (AvgIpc) is 2.94. The van der Waals surface area contributed by atoms with E-state index in [1.807, 2.05) is 44.2 Å². The van der Waals surface area contributed by atoms with E-state index in [1.54, 1.807) is 0 Å². The van der Waals surface area contributed by atoms with E-state index in [9.17, 15) is 4.79 Å². The van der Waals surface area contributed by atoms with Gasteiger partial charge in [0, 0.05) is 24.7 Å². The molecule has 0 aliphatic heterocycles. The highest BCUT2D eigenvalue weighted by Crippen LogP contribution is 2.17. The third-order valence-corrected chi connectivity index (χ3v) is 2.85. The first-order chi connectivity index (χ1) is 9.68. The molecule has 0 radical (unpaired) electrons. The van der Waals surface area contributed by atoms with E-state index in [0.29, 0.717) is 24.5 Å². The molecule has 0 atom stereocenters. The van der Waals surface area contributed by atoms with Crippen LogP contribution in [0.25, 0.3) is 0 Å². The van der Waals surface area contributed by atoms with Crippen LogP contribution in [0, 0.1) is 0 Å². The standard InChI is InChI=1S/C15H19N3O2/c1-11(2)14-13(18-10-20-14)15(19)17-9-8-16-12-6-4-3-5-7-12/h3-7,10-11,16H,8-9H2,1-2H3,(H,17,19). The number of rotatable bonds is 6. The van der Waals surface area contributed by atoms with Crippen molar-refractivity contribution in [2.75, 3.05) is 18.4 Å². The van der Waals surface area contributed by atoms with Crippen molar-refractivity contribution in [3.05, 3.63) is 48.2 Å². The minimum Gasteiger partial charge on any atom is -0.447 e. The summed E-state index contributed by atoms with van der Waals surface area (Å²) in [4.78, 5) is 16.0. The Labute approximate surface area is 118 Å². The number of nitrogens with zero attached hydrogens (tertiary/aromatic N) is 1. The molecule has 106 valence electrons. The highest BCUT2D eigenvalue weighted by molar-refractivity contribution is 5.93. The van der Waals surface area contributed by atoms with Crippen LogP contribution in [0.3, 0.4) is 0 Å². The normalized spacial score (nSPS) is 10.6. The van der Waals surface area contributed by atoms with Crippen LogP contribution in [0.1, 0.15) is 36.0 Å².